The van der Waals surface area contributed by atoms with E-state index in [0.717, 1.165) is 0 Å². The second kappa shape index (κ2) is 15.9. The van der Waals surface area contributed by atoms with Crippen LogP contribution in [0.3, 0.4) is 0 Å². The van der Waals surface area contributed by atoms with E-state index in [1.165, 1.54) is 0 Å². The molecule has 0 aromatic heterocycles. The summed E-state index contributed by atoms with van der Waals surface area (Å²) in [6.07, 6.45) is -0.595. The molecule has 0 heterocycles. The molecule has 16 heteroatoms. The SMILES string of the molecule is CC(C)C(NC(=O)C(CC(N)=O)NC(=O)C(N)CCC(N)=O)C(=O)NC(CCCN=C(N)N)C(=O)O. The minimum absolute atomic E-state index is 0.0141. The first-order chi connectivity index (χ1) is 16.6. The second-order valence-corrected chi connectivity index (χ2v) is 8.42. The minimum Gasteiger partial charge on any atom is -0.480 e. The molecule has 0 aliphatic rings. The van der Waals surface area contributed by atoms with Gasteiger partial charge in [0.25, 0.3) is 0 Å². The first-order valence-corrected chi connectivity index (χ1v) is 11.2. The van der Waals surface area contributed by atoms with Gasteiger partial charge in [0.05, 0.1) is 12.5 Å². The van der Waals surface area contributed by atoms with Crippen molar-refractivity contribution >= 4 is 41.5 Å². The van der Waals surface area contributed by atoms with Crippen LogP contribution in [0.5, 0.6) is 0 Å². The predicted molar refractivity (Wildman–Crippen MR) is 128 cm³/mol. The van der Waals surface area contributed by atoms with Gasteiger partial charge in [0.1, 0.15) is 18.1 Å². The number of hydrogen-bond donors (Lipinski definition) is 9. The molecular weight excluding hydrogens is 478 g/mol. The number of carboxylic acids is 1. The average molecular weight is 516 g/mol. The summed E-state index contributed by atoms with van der Waals surface area (Å²) in [4.78, 5) is 75.6. The molecule has 0 saturated heterocycles. The third-order valence-corrected chi connectivity index (χ3v) is 4.88. The van der Waals surface area contributed by atoms with Crippen LogP contribution in [0.2, 0.25) is 0 Å². The Labute approximate surface area is 208 Å². The molecule has 14 N–H and O–H groups in total. The molecule has 0 bridgehead atoms. The lowest BCUT2D eigenvalue weighted by molar-refractivity contribution is -0.143. The summed E-state index contributed by atoms with van der Waals surface area (Å²) in [5.74, 6) is -6.11. The van der Waals surface area contributed by atoms with Crippen molar-refractivity contribution in [1.82, 2.24) is 16.0 Å². The average Bonchev–Trinajstić information content (AvgIpc) is 2.75. The molecule has 0 fully saturated rings. The lowest BCUT2D eigenvalue weighted by atomic mass is 10.0. The van der Waals surface area contributed by atoms with Gasteiger partial charge in [0, 0.05) is 13.0 Å². The van der Waals surface area contributed by atoms with Crippen LogP contribution in [-0.2, 0) is 28.8 Å². The Bertz CT molecular complexity index is 843. The zero-order valence-corrected chi connectivity index (χ0v) is 20.4. The van der Waals surface area contributed by atoms with E-state index in [2.05, 4.69) is 20.9 Å². The van der Waals surface area contributed by atoms with E-state index in [9.17, 15) is 33.9 Å². The largest absolute Gasteiger partial charge is 0.480 e. The summed E-state index contributed by atoms with van der Waals surface area (Å²) in [5, 5.41) is 16.4. The Balaban J connectivity index is 5.38. The maximum atomic E-state index is 12.8. The number of amides is 5. The number of aliphatic carboxylic acids is 1. The summed E-state index contributed by atoms with van der Waals surface area (Å²) in [6, 6.07) is -5.17. The summed E-state index contributed by atoms with van der Waals surface area (Å²) in [6.45, 7) is 3.35. The summed E-state index contributed by atoms with van der Waals surface area (Å²) >= 11 is 0. The smallest absolute Gasteiger partial charge is 0.326 e. The van der Waals surface area contributed by atoms with Crippen LogP contribution in [0, 0.1) is 5.92 Å². The Kier molecular flexibility index (Phi) is 14.1. The van der Waals surface area contributed by atoms with Gasteiger partial charge in [-0.25, -0.2) is 4.79 Å². The van der Waals surface area contributed by atoms with E-state index >= 15 is 0 Å². The normalized spacial score (nSPS) is 14.0. The van der Waals surface area contributed by atoms with Crippen molar-refractivity contribution in [3.05, 3.63) is 0 Å². The van der Waals surface area contributed by atoms with Crippen molar-refractivity contribution in [1.29, 1.82) is 0 Å². The highest BCUT2D eigenvalue weighted by molar-refractivity contribution is 5.96. The Morgan fingerprint density at radius 1 is 0.806 bits per heavy atom. The van der Waals surface area contributed by atoms with Crippen LogP contribution in [-0.4, -0.2) is 77.3 Å². The first-order valence-electron chi connectivity index (χ1n) is 11.2. The molecule has 0 radical (unpaired) electrons. The fourth-order valence-corrected chi connectivity index (χ4v) is 2.93. The monoisotopic (exact) mass is 515 g/mol. The number of rotatable bonds is 17. The van der Waals surface area contributed by atoms with Crippen LogP contribution in [0.25, 0.3) is 0 Å². The molecule has 4 atom stereocenters. The summed E-state index contributed by atoms with van der Waals surface area (Å²) in [5.41, 5.74) is 26.3. The number of nitrogens with zero attached hydrogens (tertiary/aromatic N) is 1. The number of carbonyl (C=O) groups is 6. The van der Waals surface area contributed by atoms with Gasteiger partial charge in [-0.3, -0.25) is 29.0 Å². The van der Waals surface area contributed by atoms with Crippen LogP contribution in [0.4, 0.5) is 0 Å². The molecule has 0 aliphatic carbocycles. The molecule has 0 aromatic rings. The van der Waals surface area contributed by atoms with Crippen molar-refractivity contribution in [2.45, 2.75) is 70.1 Å². The van der Waals surface area contributed by atoms with Crippen LogP contribution < -0.4 is 44.6 Å². The van der Waals surface area contributed by atoms with E-state index in [1.807, 2.05) is 0 Å². The number of primary amides is 2. The molecular formula is C20H37N9O7. The van der Waals surface area contributed by atoms with E-state index in [0.29, 0.717) is 0 Å². The van der Waals surface area contributed by atoms with Gasteiger partial charge in [0.15, 0.2) is 5.96 Å². The fraction of sp³-hybridized carbons (Fsp3) is 0.650. The van der Waals surface area contributed by atoms with Crippen molar-refractivity contribution in [3.8, 4) is 0 Å². The van der Waals surface area contributed by atoms with Crippen molar-refractivity contribution in [2.24, 2.45) is 39.6 Å². The van der Waals surface area contributed by atoms with E-state index in [4.69, 9.17) is 28.7 Å². The number of carboxylic acid groups (broad SMARTS) is 1. The highest BCUT2D eigenvalue weighted by Gasteiger charge is 2.32. The standard InChI is InChI=1S/C20H37N9O7/c1-9(2)15(18(34)27-11(19(35)36)4-3-7-26-20(24)25)29-17(33)12(8-14(23)31)28-16(32)10(21)5-6-13(22)30/h9-12,15H,3-8,21H2,1-2H3,(H2,22,30)(H2,23,31)(H,27,34)(H,28,32)(H,29,33)(H,35,36)(H4,24,25,26). The molecule has 0 spiro atoms. The number of hydrogen-bond acceptors (Lipinski definition) is 8. The van der Waals surface area contributed by atoms with E-state index in [-0.39, 0.29) is 38.2 Å². The second-order valence-electron chi connectivity index (χ2n) is 8.42. The topological polar surface area (TPSA) is 301 Å². The van der Waals surface area contributed by atoms with Gasteiger partial charge in [-0.2, -0.15) is 0 Å². The lowest BCUT2D eigenvalue weighted by Crippen LogP contribution is -2.59. The molecule has 0 saturated carbocycles. The van der Waals surface area contributed by atoms with Gasteiger partial charge in [0.2, 0.25) is 29.5 Å². The first kappa shape index (κ1) is 32.0. The fourth-order valence-electron chi connectivity index (χ4n) is 2.93. The van der Waals surface area contributed by atoms with Crippen LogP contribution >= 0.6 is 0 Å². The Hall–Kier alpha value is -3.95. The predicted octanol–water partition coefficient (Wildman–Crippen LogP) is -4.30. The number of aliphatic imine (C=N–C) groups is 1. The number of guanidine groups is 1. The quantitative estimate of drug-likeness (QED) is 0.0509. The van der Waals surface area contributed by atoms with Gasteiger partial charge in [-0.15, -0.1) is 0 Å². The number of nitrogens with two attached hydrogens (primary N) is 5. The van der Waals surface area contributed by atoms with Crippen LogP contribution in [0.1, 0.15) is 46.0 Å². The maximum Gasteiger partial charge on any atom is 0.326 e. The van der Waals surface area contributed by atoms with Gasteiger partial charge >= 0.3 is 5.97 Å². The molecule has 5 amide bonds. The zero-order valence-electron chi connectivity index (χ0n) is 20.4. The Morgan fingerprint density at radius 3 is 1.86 bits per heavy atom. The number of nitrogens with one attached hydrogen (secondary N) is 3. The molecule has 16 nitrogen and oxygen atoms in total. The third-order valence-electron chi connectivity index (χ3n) is 4.88. The van der Waals surface area contributed by atoms with Gasteiger partial charge in [-0.05, 0) is 25.2 Å². The maximum absolute atomic E-state index is 12.8. The molecule has 204 valence electrons. The molecule has 0 rings (SSSR count). The third kappa shape index (κ3) is 13.1. The molecule has 0 aromatic carbocycles. The Morgan fingerprint density at radius 2 is 1.39 bits per heavy atom. The van der Waals surface area contributed by atoms with Crippen LogP contribution in [0.15, 0.2) is 4.99 Å². The zero-order chi connectivity index (χ0) is 28.0. The molecule has 0 aliphatic heterocycles. The lowest BCUT2D eigenvalue weighted by Gasteiger charge is -2.26. The van der Waals surface area contributed by atoms with Crippen molar-refractivity contribution in [3.63, 3.8) is 0 Å². The van der Waals surface area contributed by atoms with Gasteiger partial charge < -0.3 is 49.7 Å². The molecule has 4 unspecified atom stereocenters. The molecule has 36 heavy (non-hydrogen) atoms. The minimum atomic E-state index is -1.47. The van der Waals surface area contributed by atoms with Gasteiger partial charge in [-0.1, -0.05) is 13.8 Å². The number of carbonyl (C=O) groups excluding carboxylic acids is 5. The highest BCUT2D eigenvalue weighted by Crippen LogP contribution is 2.07. The van der Waals surface area contributed by atoms with E-state index in [1.54, 1.807) is 13.8 Å². The summed E-state index contributed by atoms with van der Waals surface area (Å²) in [7, 11) is 0. The highest BCUT2D eigenvalue weighted by atomic mass is 16.4. The van der Waals surface area contributed by atoms with Crippen molar-refractivity contribution < 1.29 is 33.9 Å². The summed E-state index contributed by atoms with van der Waals surface area (Å²) < 4.78 is 0. The van der Waals surface area contributed by atoms with E-state index < -0.39 is 72.0 Å². The van der Waals surface area contributed by atoms with Crippen molar-refractivity contribution in [2.75, 3.05) is 6.54 Å².